The van der Waals surface area contributed by atoms with Gasteiger partial charge in [0.25, 0.3) is 0 Å². The van der Waals surface area contributed by atoms with Gasteiger partial charge in [-0.2, -0.15) is 0 Å². The molecule has 0 aromatic heterocycles. The second kappa shape index (κ2) is 6.53. The number of piperidine rings is 1. The maximum absolute atomic E-state index is 11.9. The standard InChI is InChI=1S/C14H25NO3/c1-3-9-18-12-5-4-8-15(10-12)13(11-6-7-11)14(16)17-2/h11-13H,3-10H2,1-2H3. The van der Waals surface area contributed by atoms with Crippen LogP contribution in [0.4, 0.5) is 0 Å². The Morgan fingerprint density at radius 1 is 1.39 bits per heavy atom. The van der Waals surface area contributed by atoms with E-state index < -0.39 is 0 Å². The molecule has 2 aliphatic rings. The molecule has 0 bridgehead atoms. The van der Waals surface area contributed by atoms with E-state index in [2.05, 4.69) is 11.8 Å². The van der Waals surface area contributed by atoms with Crippen LogP contribution in [0.5, 0.6) is 0 Å². The predicted octanol–water partition coefficient (Wildman–Crippen LogP) is 1.83. The van der Waals surface area contributed by atoms with Gasteiger partial charge in [-0.15, -0.1) is 0 Å². The van der Waals surface area contributed by atoms with Crippen LogP contribution in [0.3, 0.4) is 0 Å². The highest BCUT2D eigenvalue weighted by molar-refractivity contribution is 5.76. The van der Waals surface area contributed by atoms with E-state index in [4.69, 9.17) is 9.47 Å². The molecule has 18 heavy (non-hydrogen) atoms. The number of carbonyl (C=O) groups is 1. The van der Waals surface area contributed by atoms with Gasteiger partial charge >= 0.3 is 5.97 Å². The number of ether oxygens (including phenoxy) is 2. The number of carbonyl (C=O) groups excluding carboxylic acids is 1. The maximum atomic E-state index is 11.9. The first-order chi connectivity index (χ1) is 8.76. The predicted molar refractivity (Wildman–Crippen MR) is 69.4 cm³/mol. The van der Waals surface area contributed by atoms with Gasteiger partial charge in [0.15, 0.2) is 0 Å². The molecule has 1 saturated heterocycles. The van der Waals surface area contributed by atoms with Gasteiger partial charge in [0.2, 0.25) is 0 Å². The lowest BCUT2D eigenvalue weighted by Crippen LogP contribution is -2.50. The van der Waals surface area contributed by atoms with E-state index in [1.54, 1.807) is 0 Å². The van der Waals surface area contributed by atoms with Crippen LogP contribution in [-0.4, -0.2) is 49.8 Å². The smallest absolute Gasteiger partial charge is 0.323 e. The average molecular weight is 255 g/mol. The first kappa shape index (κ1) is 13.8. The Hall–Kier alpha value is -0.610. The van der Waals surface area contributed by atoms with Gasteiger partial charge in [0.05, 0.1) is 13.2 Å². The second-order valence-corrected chi connectivity index (χ2v) is 5.44. The monoisotopic (exact) mass is 255 g/mol. The molecule has 0 radical (unpaired) electrons. The number of hydrogen-bond donors (Lipinski definition) is 0. The summed E-state index contributed by atoms with van der Waals surface area (Å²) in [6, 6.07) is -0.0250. The van der Waals surface area contributed by atoms with E-state index in [1.807, 2.05) is 0 Å². The number of methoxy groups -OCH3 is 1. The largest absolute Gasteiger partial charge is 0.468 e. The van der Waals surface area contributed by atoms with Crippen molar-refractivity contribution < 1.29 is 14.3 Å². The Morgan fingerprint density at radius 3 is 2.78 bits per heavy atom. The molecule has 0 aromatic carbocycles. The van der Waals surface area contributed by atoms with Crippen molar-refractivity contribution in [1.82, 2.24) is 4.90 Å². The van der Waals surface area contributed by atoms with Crippen molar-refractivity contribution in [2.75, 3.05) is 26.8 Å². The maximum Gasteiger partial charge on any atom is 0.323 e. The van der Waals surface area contributed by atoms with Crippen LogP contribution in [0.1, 0.15) is 39.0 Å². The Kier molecular flexibility index (Phi) is 5.01. The lowest BCUT2D eigenvalue weighted by Gasteiger charge is -2.36. The van der Waals surface area contributed by atoms with E-state index in [0.717, 1.165) is 51.8 Å². The van der Waals surface area contributed by atoms with Crippen LogP contribution in [0.15, 0.2) is 0 Å². The quantitative estimate of drug-likeness (QED) is 0.679. The first-order valence-corrected chi connectivity index (χ1v) is 7.19. The summed E-state index contributed by atoms with van der Waals surface area (Å²) in [7, 11) is 1.49. The summed E-state index contributed by atoms with van der Waals surface area (Å²) in [6.07, 6.45) is 5.92. The van der Waals surface area contributed by atoms with Crippen molar-refractivity contribution in [1.29, 1.82) is 0 Å². The Bertz CT molecular complexity index is 278. The van der Waals surface area contributed by atoms with Crippen molar-refractivity contribution in [3.05, 3.63) is 0 Å². The molecule has 1 saturated carbocycles. The number of likely N-dealkylation sites (tertiary alicyclic amines) is 1. The fourth-order valence-corrected chi connectivity index (χ4v) is 2.81. The normalized spacial score (nSPS) is 26.9. The summed E-state index contributed by atoms with van der Waals surface area (Å²) in [5, 5.41) is 0. The molecule has 1 aliphatic heterocycles. The lowest BCUT2D eigenvalue weighted by molar-refractivity contribution is -0.149. The van der Waals surface area contributed by atoms with E-state index >= 15 is 0 Å². The van der Waals surface area contributed by atoms with Crippen molar-refractivity contribution in [3.8, 4) is 0 Å². The van der Waals surface area contributed by atoms with Crippen LogP contribution in [0, 0.1) is 5.92 Å². The molecule has 1 aliphatic carbocycles. The highest BCUT2D eigenvalue weighted by Crippen LogP contribution is 2.37. The highest BCUT2D eigenvalue weighted by Gasteiger charge is 2.42. The van der Waals surface area contributed by atoms with Crippen LogP contribution >= 0.6 is 0 Å². The average Bonchev–Trinajstić information content (AvgIpc) is 3.21. The van der Waals surface area contributed by atoms with Crippen molar-refractivity contribution in [2.24, 2.45) is 5.92 Å². The highest BCUT2D eigenvalue weighted by atomic mass is 16.5. The summed E-state index contributed by atoms with van der Waals surface area (Å²) in [6.45, 7) is 4.84. The molecule has 2 unspecified atom stereocenters. The van der Waals surface area contributed by atoms with Crippen LogP contribution in [-0.2, 0) is 14.3 Å². The summed E-state index contributed by atoms with van der Waals surface area (Å²) in [5.74, 6) is 0.455. The minimum absolute atomic E-state index is 0.0250. The van der Waals surface area contributed by atoms with Crippen LogP contribution in [0.25, 0.3) is 0 Å². The molecule has 0 amide bonds. The van der Waals surface area contributed by atoms with Crippen LogP contribution < -0.4 is 0 Å². The molecule has 4 heteroatoms. The van der Waals surface area contributed by atoms with Gasteiger partial charge in [0.1, 0.15) is 6.04 Å². The van der Waals surface area contributed by atoms with Gasteiger partial charge in [-0.25, -0.2) is 0 Å². The topological polar surface area (TPSA) is 38.8 Å². The summed E-state index contributed by atoms with van der Waals surface area (Å²) >= 11 is 0. The third-order valence-electron chi connectivity index (χ3n) is 3.87. The van der Waals surface area contributed by atoms with Crippen molar-refractivity contribution >= 4 is 5.97 Å². The minimum Gasteiger partial charge on any atom is -0.468 e. The zero-order valence-corrected chi connectivity index (χ0v) is 11.6. The summed E-state index contributed by atoms with van der Waals surface area (Å²) < 4.78 is 10.8. The number of nitrogens with zero attached hydrogens (tertiary/aromatic N) is 1. The first-order valence-electron chi connectivity index (χ1n) is 7.19. The van der Waals surface area contributed by atoms with Gasteiger partial charge in [-0.1, -0.05) is 6.92 Å². The molecular weight excluding hydrogens is 230 g/mol. The van der Waals surface area contributed by atoms with E-state index in [0.29, 0.717) is 12.0 Å². The molecule has 2 atom stereocenters. The lowest BCUT2D eigenvalue weighted by atomic mass is 10.0. The molecule has 4 nitrogen and oxygen atoms in total. The zero-order chi connectivity index (χ0) is 13.0. The molecule has 0 N–H and O–H groups in total. The summed E-state index contributed by atoms with van der Waals surface area (Å²) in [5.41, 5.74) is 0. The third-order valence-corrected chi connectivity index (χ3v) is 3.87. The van der Waals surface area contributed by atoms with E-state index in [9.17, 15) is 4.79 Å². The number of rotatable bonds is 6. The third kappa shape index (κ3) is 3.45. The number of esters is 1. The second-order valence-electron chi connectivity index (χ2n) is 5.44. The van der Waals surface area contributed by atoms with Gasteiger partial charge in [-0.3, -0.25) is 9.69 Å². The van der Waals surface area contributed by atoms with Gasteiger partial charge in [0, 0.05) is 13.2 Å². The Morgan fingerprint density at radius 2 is 2.17 bits per heavy atom. The molecule has 0 aromatic rings. The fourth-order valence-electron chi connectivity index (χ4n) is 2.81. The zero-order valence-electron chi connectivity index (χ0n) is 11.6. The molecule has 2 fully saturated rings. The SMILES string of the molecule is CCCOC1CCCN(C(C(=O)OC)C2CC2)C1. The van der Waals surface area contributed by atoms with Crippen molar-refractivity contribution in [2.45, 2.75) is 51.2 Å². The fraction of sp³-hybridized carbons (Fsp3) is 0.929. The van der Waals surface area contributed by atoms with Gasteiger partial charge < -0.3 is 9.47 Å². The number of hydrogen-bond acceptors (Lipinski definition) is 4. The molecule has 1 heterocycles. The summed E-state index contributed by atoms with van der Waals surface area (Å²) in [4.78, 5) is 14.2. The van der Waals surface area contributed by atoms with E-state index in [-0.39, 0.29) is 12.0 Å². The Balaban J connectivity index is 1.91. The van der Waals surface area contributed by atoms with E-state index in [1.165, 1.54) is 7.11 Å². The molecule has 0 spiro atoms. The molecule has 104 valence electrons. The molecular formula is C14H25NO3. The minimum atomic E-state index is -0.0614. The Labute approximate surface area is 110 Å². The van der Waals surface area contributed by atoms with Crippen molar-refractivity contribution in [3.63, 3.8) is 0 Å². The van der Waals surface area contributed by atoms with Crippen LogP contribution in [0.2, 0.25) is 0 Å². The molecule has 2 rings (SSSR count). The van der Waals surface area contributed by atoms with Gasteiger partial charge in [-0.05, 0) is 44.6 Å².